The van der Waals surface area contributed by atoms with Crippen LogP contribution < -0.4 is 0 Å². The van der Waals surface area contributed by atoms with E-state index in [1.807, 2.05) is 56.3 Å². The molecule has 3 aromatic rings. The molecule has 0 radical (unpaired) electrons. The average Bonchev–Trinajstić information content (AvgIpc) is 2.80. The van der Waals surface area contributed by atoms with Gasteiger partial charge in [-0.05, 0) is 37.1 Å². The average molecular weight is 280 g/mol. The van der Waals surface area contributed by atoms with Gasteiger partial charge in [-0.2, -0.15) is 0 Å². The number of carbonyl (C=O) groups is 1. The van der Waals surface area contributed by atoms with Crippen molar-refractivity contribution in [3.8, 4) is 11.4 Å². The number of rotatable bonds is 3. The van der Waals surface area contributed by atoms with E-state index < -0.39 is 5.97 Å². The van der Waals surface area contributed by atoms with Crippen molar-refractivity contribution >= 4 is 17.0 Å². The highest BCUT2D eigenvalue weighted by Gasteiger charge is 2.16. The predicted octanol–water partition coefficient (Wildman–Crippen LogP) is 3.40. The number of carboxylic acids is 1. The molecule has 106 valence electrons. The lowest BCUT2D eigenvalue weighted by atomic mass is 10.0. The Labute approximate surface area is 122 Å². The third kappa shape index (κ3) is 2.29. The van der Waals surface area contributed by atoms with E-state index in [0.29, 0.717) is 5.82 Å². The van der Waals surface area contributed by atoms with E-state index in [4.69, 9.17) is 0 Å². The van der Waals surface area contributed by atoms with Gasteiger partial charge in [0.25, 0.3) is 0 Å². The summed E-state index contributed by atoms with van der Waals surface area (Å²) in [4.78, 5) is 15.8. The van der Waals surface area contributed by atoms with E-state index in [9.17, 15) is 9.90 Å². The van der Waals surface area contributed by atoms with Crippen LogP contribution in [0.3, 0.4) is 0 Å². The van der Waals surface area contributed by atoms with Crippen LogP contribution in [0.4, 0.5) is 0 Å². The van der Waals surface area contributed by atoms with Crippen molar-refractivity contribution in [1.29, 1.82) is 0 Å². The first kappa shape index (κ1) is 13.4. The maximum absolute atomic E-state index is 11.2. The van der Waals surface area contributed by atoms with Gasteiger partial charge in [-0.3, -0.25) is 4.79 Å². The number of nitrogens with zero attached hydrogens (tertiary/aromatic N) is 2. The molecular weight excluding hydrogens is 264 g/mol. The van der Waals surface area contributed by atoms with Crippen LogP contribution in [0, 0.1) is 13.8 Å². The molecule has 2 aromatic carbocycles. The van der Waals surface area contributed by atoms with Gasteiger partial charge in [-0.25, -0.2) is 4.98 Å². The first-order valence-electron chi connectivity index (χ1n) is 6.81. The predicted molar refractivity (Wildman–Crippen MR) is 82.3 cm³/mol. The third-order valence-corrected chi connectivity index (χ3v) is 3.79. The minimum Gasteiger partial charge on any atom is -0.480 e. The van der Waals surface area contributed by atoms with Gasteiger partial charge in [0.1, 0.15) is 12.4 Å². The van der Waals surface area contributed by atoms with Gasteiger partial charge >= 0.3 is 5.97 Å². The highest BCUT2D eigenvalue weighted by Crippen LogP contribution is 2.28. The van der Waals surface area contributed by atoms with E-state index >= 15 is 0 Å². The largest absolute Gasteiger partial charge is 0.480 e. The highest BCUT2D eigenvalue weighted by molar-refractivity contribution is 5.83. The Bertz CT molecular complexity index is 834. The van der Waals surface area contributed by atoms with Gasteiger partial charge in [-0.1, -0.05) is 30.3 Å². The summed E-state index contributed by atoms with van der Waals surface area (Å²) in [5.74, 6) is -0.162. The fourth-order valence-electron chi connectivity index (χ4n) is 2.57. The molecule has 1 heterocycles. The molecule has 0 fully saturated rings. The zero-order valence-corrected chi connectivity index (χ0v) is 12.0. The molecule has 0 saturated carbocycles. The topological polar surface area (TPSA) is 55.1 Å². The monoisotopic (exact) mass is 280 g/mol. The molecule has 1 aromatic heterocycles. The summed E-state index contributed by atoms with van der Waals surface area (Å²) in [6.45, 7) is 3.99. The zero-order valence-electron chi connectivity index (χ0n) is 12.0. The Morgan fingerprint density at radius 1 is 1.14 bits per heavy atom. The maximum Gasteiger partial charge on any atom is 0.323 e. The second kappa shape index (κ2) is 5.05. The number of aromatic nitrogens is 2. The summed E-state index contributed by atoms with van der Waals surface area (Å²) in [6, 6.07) is 13.6. The summed E-state index contributed by atoms with van der Waals surface area (Å²) in [6.07, 6.45) is 0. The molecule has 0 saturated heterocycles. The molecule has 4 heteroatoms. The number of imidazole rings is 1. The summed E-state index contributed by atoms with van der Waals surface area (Å²) in [5, 5.41) is 9.19. The first-order chi connectivity index (χ1) is 10.1. The van der Waals surface area contributed by atoms with Gasteiger partial charge in [0.05, 0.1) is 11.0 Å². The van der Waals surface area contributed by atoms with E-state index in [-0.39, 0.29) is 6.54 Å². The van der Waals surface area contributed by atoms with Crippen molar-refractivity contribution in [2.24, 2.45) is 0 Å². The van der Waals surface area contributed by atoms with Crippen molar-refractivity contribution < 1.29 is 9.90 Å². The molecule has 0 aliphatic heterocycles. The Hall–Kier alpha value is -2.62. The lowest BCUT2D eigenvalue weighted by Gasteiger charge is -2.10. The van der Waals surface area contributed by atoms with Gasteiger partial charge in [0, 0.05) is 5.56 Å². The van der Waals surface area contributed by atoms with Crippen molar-refractivity contribution in [2.75, 3.05) is 0 Å². The summed E-state index contributed by atoms with van der Waals surface area (Å²) in [7, 11) is 0. The fraction of sp³-hybridized carbons (Fsp3) is 0.176. The molecule has 0 bridgehead atoms. The van der Waals surface area contributed by atoms with E-state index in [1.165, 1.54) is 5.56 Å². The second-order valence-electron chi connectivity index (χ2n) is 5.15. The van der Waals surface area contributed by atoms with Crippen LogP contribution in [0.5, 0.6) is 0 Å². The molecule has 4 nitrogen and oxygen atoms in total. The Kier molecular flexibility index (Phi) is 3.22. The maximum atomic E-state index is 11.2. The molecule has 0 aliphatic rings. The third-order valence-electron chi connectivity index (χ3n) is 3.79. The number of hydrogen-bond acceptors (Lipinski definition) is 2. The van der Waals surface area contributed by atoms with Gasteiger partial charge < -0.3 is 9.67 Å². The normalized spacial score (nSPS) is 11.0. The standard InChI is InChI=1S/C17H16N2O2/c1-11-6-5-7-13(12(11)2)17-18-14-8-3-4-9-15(14)19(17)10-16(20)21/h3-9H,10H2,1-2H3,(H,20,21). The van der Waals surface area contributed by atoms with Crippen LogP contribution in [-0.2, 0) is 11.3 Å². The van der Waals surface area contributed by atoms with Crippen LogP contribution in [0.2, 0.25) is 0 Å². The number of hydrogen-bond donors (Lipinski definition) is 1. The van der Waals surface area contributed by atoms with Crippen molar-refractivity contribution in [3.63, 3.8) is 0 Å². The number of aliphatic carboxylic acids is 1. The lowest BCUT2D eigenvalue weighted by Crippen LogP contribution is -2.10. The Morgan fingerprint density at radius 3 is 2.67 bits per heavy atom. The number of benzene rings is 2. The van der Waals surface area contributed by atoms with E-state index in [0.717, 1.165) is 22.2 Å². The number of para-hydroxylation sites is 2. The van der Waals surface area contributed by atoms with Crippen molar-refractivity contribution in [1.82, 2.24) is 9.55 Å². The van der Waals surface area contributed by atoms with Crippen LogP contribution in [0.1, 0.15) is 11.1 Å². The Balaban J connectivity index is 2.31. The molecular formula is C17H16N2O2. The SMILES string of the molecule is Cc1cccc(-c2nc3ccccc3n2CC(=O)O)c1C. The molecule has 0 spiro atoms. The fourth-order valence-corrected chi connectivity index (χ4v) is 2.57. The molecule has 0 unspecified atom stereocenters. The van der Waals surface area contributed by atoms with Crippen molar-refractivity contribution in [2.45, 2.75) is 20.4 Å². The molecule has 0 amide bonds. The first-order valence-corrected chi connectivity index (χ1v) is 6.81. The second-order valence-corrected chi connectivity index (χ2v) is 5.15. The van der Waals surface area contributed by atoms with Crippen molar-refractivity contribution in [3.05, 3.63) is 53.6 Å². The molecule has 1 N–H and O–H groups in total. The Morgan fingerprint density at radius 2 is 1.90 bits per heavy atom. The van der Waals surface area contributed by atoms with Crippen LogP contribution >= 0.6 is 0 Å². The molecule has 21 heavy (non-hydrogen) atoms. The molecule has 3 rings (SSSR count). The summed E-state index contributed by atoms with van der Waals surface area (Å²) >= 11 is 0. The minimum atomic E-state index is -0.871. The summed E-state index contributed by atoms with van der Waals surface area (Å²) < 4.78 is 1.76. The smallest absolute Gasteiger partial charge is 0.323 e. The molecule has 0 aliphatic carbocycles. The quantitative estimate of drug-likeness (QED) is 0.800. The number of aryl methyl sites for hydroxylation is 1. The number of carboxylic acid groups (broad SMARTS) is 1. The minimum absolute atomic E-state index is 0.0940. The van der Waals surface area contributed by atoms with Crippen LogP contribution in [0.25, 0.3) is 22.4 Å². The number of fused-ring (bicyclic) bond motifs is 1. The zero-order chi connectivity index (χ0) is 15.0. The molecule has 0 atom stereocenters. The highest BCUT2D eigenvalue weighted by atomic mass is 16.4. The van der Waals surface area contributed by atoms with Gasteiger partial charge in [0.15, 0.2) is 0 Å². The van der Waals surface area contributed by atoms with E-state index in [1.54, 1.807) is 4.57 Å². The summed E-state index contributed by atoms with van der Waals surface area (Å²) in [5.41, 5.74) is 4.93. The van der Waals surface area contributed by atoms with E-state index in [2.05, 4.69) is 4.98 Å². The van der Waals surface area contributed by atoms with Gasteiger partial charge in [-0.15, -0.1) is 0 Å². The lowest BCUT2D eigenvalue weighted by molar-refractivity contribution is -0.137. The van der Waals surface area contributed by atoms with Crippen LogP contribution in [-0.4, -0.2) is 20.6 Å². The van der Waals surface area contributed by atoms with Gasteiger partial charge in [0.2, 0.25) is 0 Å². The van der Waals surface area contributed by atoms with Crippen LogP contribution in [0.15, 0.2) is 42.5 Å².